The Kier molecular flexibility index (Phi) is 7.96. The molecule has 16 heavy (non-hydrogen) atoms. The zero-order valence-corrected chi connectivity index (χ0v) is 9.30. The molecule has 0 aliphatic heterocycles. The van der Waals surface area contributed by atoms with E-state index in [9.17, 15) is 9.59 Å². The van der Waals surface area contributed by atoms with Gasteiger partial charge in [0.25, 0.3) is 0 Å². The van der Waals surface area contributed by atoms with Crippen molar-refractivity contribution in [3.63, 3.8) is 0 Å². The van der Waals surface area contributed by atoms with Gasteiger partial charge in [-0.3, -0.25) is 0 Å². The molecule has 0 aromatic heterocycles. The van der Waals surface area contributed by atoms with E-state index in [-0.39, 0.29) is 19.8 Å². The van der Waals surface area contributed by atoms with Crippen LogP contribution in [0.4, 0.5) is 9.59 Å². The first kappa shape index (κ1) is 14.5. The molecule has 0 heterocycles. The standard InChI is InChI=1S/C9H16O7/c1-3-7(6-15-8(11)13-2)16-9(12)14-5-4-10/h7,10H,3-6H2,1-2H3. The smallest absolute Gasteiger partial charge is 0.438 e. The molecule has 0 fully saturated rings. The molecule has 0 rings (SSSR count). The number of methoxy groups -OCH3 is 1. The average Bonchev–Trinajstić information content (AvgIpc) is 2.31. The van der Waals surface area contributed by atoms with E-state index < -0.39 is 18.4 Å². The van der Waals surface area contributed by atoms with Crippen LogP contribution in [0.3, 0.4) is 0 Å². The molecule has 0 bridgehead atoms. The molecular weight excluding hydrogens is 220 g/mol. The van der Waals surface area contributed by atoms with E-state index in [0.29, 0.717) is 6.42 Å². The Hall–Kier alpha value is -1.50. The summed E-state index contributed by atoms with van der Waals surface area (Å²) < 4.78 is 18.1. The van der Waals surface area contributed by atoms with Crippen LogP contribution in [0.1, 0.15) is 13.3 Å². The second-order valence-corrected chi connectivity index (χ2v) is 2.74. The summed E-state index contributed by atoms with van der Waals surface area (Å²) in [6.07, 6.45) is -1.88. The Labute approximate surface area is 93.2 Å². The molecule has 7 nitrogen and oxygen atoms in total. The number of aliphatic hydroxyl groups is 1. The van der Waals surface area contributed by atoms with Crippen molar-refractivity contribution in [2.24, 2.45) is 0 Å². The minimum atomic E-state index is -0.908. The number of hydrogen-bond donors (Lipinski definition) is 1. The van der Waals surface area contributed by atoms with Crippen LogP contribution in [0.25, 0.3) is 0 Å². The summed E-state index contributed by atoms with van der Waals surface area (Å²) in [6.45, 7) is 1.25. The molecule has 0 aromatic carbocycles. The second kappa shape index (κ2) is 8.78. The number of aliphatic hydroxyl groups excluding tert-OH is 1. The summed E-state index contributed by atoms with van der Waals surface area (Å²) in [4.78, 5) is 21.6. The van der Waals surface area contributed by atoms with Crippen LogP contribution in [0, 0.1) is 0 Å². The molecule has 0 radical (unpaired) electrons. The lowest BCUT2D eigenvalue weighted by molar-refractivity contribution is -0.0177. The monoisotopic (exact) mass is 236 g/mol. The molecule has 0 saturated heterocycles. The average molecular weight is 236 g/mol. The summed E-state index contributed by atoms with van der Waals surface area (Å²) in [5, 5.41) is 8.40. The van der Waals surface area contributed by atoms with Crippen molar-refractivity contribution < 1.29 is 33.6 Å². The zero-order valence-electron chi connectivity index (χ0n) is 9.30. The van der Waals surface area contributed by atoms with Gasteiger partial charge < -0.3 is 24.1 Å². The number of ether oxygens (including phenoxy) is 4. The third kappa shape index (κ3) is 6.88. The highest BCUT2D eigenvalue weighted by molar-refractivity contribution is 5.60. The van der Waals surface area contributed by atoms with E-state index in [0.717, 1.165) is 0 Å². The van der Waals surface area contributed by atoms with Crippen LogP contribution in [-0.4, -0.2) is 50.5 Å². The van der Waals surface area contributed by atoms with Gasteiger partial charge in [-0.25, -0.2) is 9.59 Å². The molecular formula is C9H16O7. The van der Waals surface area contributed by atoms with E-state index in [4.69, 9.17) is 9.84 Å². The number of rotatable bonds is 6. The van der Waals surface area contributed by atoms with Crippen LogP contribution in [0.15, 0.2) is 0 Å². The van der Waals surface area contributed by atoms with Gasteiger partial charge in [-0.05, 0) is 6.42 Å². The van der Waals surface area contributed by atoms with Gasteiger partial charge in [-0.2, -0.15) is 0 Å². The second-order valence-electron chi connectivity index (χ2n) is 2.74. The molecule has 0 aliphatic rings. The number of hydrogen-bond acceptors (Lipinski definition) is 7. The predicted octanol–water partition coefficient (Wildman–Crippen LogP) is 0.694. The Morgan fingerprint density at radius 2 is 1.94 bits per heavy atom. The molecule has 0 amide bonds. The fourth-order valence-corrected chi connectivity index (χ4v) is 0.754. The maximum absolute atomic E-state index is 11.0. The maximum atomic E-state index is 11.0. The first-order chi connectivity index (χ1) is 7.63. The normalized spacial score (nSPS) is 11.4. The summed E-state index contributed by atoms with van der Waals surface area (Å²) in [5.41, 5.74) is 0. The predicted molar refractivity (Wildman–Crippen MR) is 52.0 cm³/mol. The molecule has 1 N–H and O–H groups in total. The molecule has 0 saturated carbocycles. The highest BCUT2D eigenvalue weighted by Gasteiger charge is 2.16. The van der Waals surface area contributed by atoms with Crippen LogP contribution in [-0.2, 0) is 18.9 Å². The first-order valence-electron chi connectivity index (χ1n) is 4.79. The van der Waals surface area contributed by atoms with Gasteiger partial charge >= 0.3 is 12.3 Å². The third-order valence-corrected chi connectivity index (χ3v) is 1.58. The molecule has 7 heteroatoms. The van der Waals surface area contributed by atoms with Gasteiger partial charge in [0.2, 0.25) is 0 Å². The molecule has 1 unspecified atom stereocenters. The minimum Gasteiger partial charge on any atom is -0.438 e. The molecule has 0 aliphatic carbocycles. The molecule has 1 atom stereocenters. The minimum absolute atomic E-state index is 0.0998. The van der Waals surface area contributed by atoms with Gasteiger partial charge in [0.1, 0.15) is 19.3 Å². The summed E-state index contributed by atoms with van der Waals surface area (Å²) in [5.74, 6) is 0. The van der Waals surface area contributed by atoms with Crippen molar-refractivity contribution in [1.29, 1.82) is 0 Å². The van der Waals surface area contributed by atoms with Crippen molar-refractivity contribution in [3.8, 4) is 0 Å². The fraction of sp³-hybridized carbons (Fsp3) is 0.778. The summed E-state index contributed by atoms with van der Waals surface area (Å²) in [6, 6.07) is 0. The Bertz CT molecular complexity index is 216. The van der Waals surface area contributed by atoms with Crippen molar-refractivity contribution in [2.75, 3.05) is 26.9 Å². The number of carbonyl (C=O) groups is 2. The van der Waals surface area contributed by atoms with Crippen molar-refractivity contribution in [2.45, 2.75) is 19.4 Å². The van der Waals surface area contributed by atoms with E-state index in [1.54, 1.807) is 6.92 Å². The first-order valence-corrected chi connectivity index (χ1v) is 4.79. The van der Waals surface area contributed by atoms with Crippen molar-refractivity contribution in [1.82, 2.24) is 0 Å². The lowest BCUT2D eigenvalue weighted by Gasteiger charge is -2.15. The van der Waals surface area contributed by atoms with E-state index >= 15 is 0 Å². The Morgan fingerprint density at radius 1 is 1.25 bits per heavy atom. The summed E-state index contributed by atoms with van der Waals surface area (Å²) in [7, 11) is 1.18. The van der Waals surface area contributed by atoms with Crippen LogP contribution < -0.4 is 0 Å². The maximum Gasteiger partial charge on any atom is 0.508 e. The fourth-order valence-electron chi connectivity index (χ4n) is 0.754. The molecule has 0 aromatic rings. The Balaban J connectivity index is 3.81. The zero-order chi connectivity index (χ0) is 12.4. The van der Waals surface area contributed by atoms with E-state index in [1.165, 1.54) is 7.11 Å². The van der Waals surface area contributed by atoms with Gasteiger partial charge in [-0.15, -0.1) is 0 Å². The van der Waals surface area contributed by atoms with Gasteiger partial charge in [-0.1, -0.05) is 6.92 Å². The van der Waals surface area contributed by atoms with Crippen molar-refractivity contribution >= 4 is 12.3 Å². The number of carbonyl (C=O) groups excluding carboxylic acids is 2. The van der Waals surface area contributed by atoms with E-state index in [1.807, 2.05) is 0 Å². The quantitative estimate of drug-likeness (QED) is 0.678. The van der Waals surface area contributed by atoms with Crippen LogP contribution in [0.5, 0.6) is 0 Å². The van der Waals surface area contributed by atoms with Crippen molar-refractivity contribution in [3.05, 3.63) is 0 Å². The molecule has 0 spiro atoms. The van der Waals surface area contributed by atoms with Crippen LogP contribution >= 0.6 is 0 Å². The SMILES string of the molecule is CCC(COC(=O)OC)OC(=O)OCCO. The van der Waals surface area contributed by atoms with Gasteiger partial charge in [0, 0.05) is 0 Å². The largest absolute Gasteiger partial charge is 0.508 e. The van der Waals surface area contributed by atoms with Gasteiger partial charge in [0.15, 0.2) is 0 Å². The van der Waals surface area contributed by atoms with Gasteiger partial charge in [0.05, 0.1) is 13.7 Å². The molecule has 94 valence electrons. The van der Waals surface area contributed by atoms with Crippen LogP contribution in [0.2, 0.25) is 0 Å². The highest BCUT2D eigenvalue weighted by atomic mass is 16.7. The topological polar surface area (TPSA) is 91.3 Å². The third-order valence-electron chi connectivity index (χ3n) is 1.58. The lowest BCUT2D eigenvalue weighted by atomic mass is 10.3. The lowest BCUT2D eigenvalue weighted by Crippen LogP contribution is -2.25. The Morgan fingerprint density at radius 3 is 2.44 bits per heavy atom. The summed E-state index contributed by atoms with van der Waals surface area (Å²) >= 11 is 0. The van der Waals surface area contributed by atoms with E-state index in [2.05, 4.69) is 14.2 Å². The highest BCUT2D eigenvalue weighted by Crippen LogP contribution is 2.02.